The maximum Gasteiger partial charge on any atom is 0.268 e. The van der Waals surface area contributed by atoms with Gasteiger partial charge in [0.25, 0.3) is 10.0 Å². The van der Waals surface area contributed by atoms with E-state index in [0.717, 1.165) is 71.4 Å². The van der Waals surface area contributed by atoms with E-state index in [1.54, 1.807) is 18.2 Å². The Morgan fingerprint density at radius 3 is 1.71 bits per heavy atom. The maximum absolute atomic E-state index is 16.4. The van der Waals surface area contributed by atoms with Gasteiger partial charge in [0.15, 0.2) is 0 Å². The fraction of sp³-hybridized carbons (Fsp3) is 0.0204. The molecule has 0 unspecified atom stereocenters. The van der Waals surface area contributed by atoms with Gasteiger partial charge in [0, 0.05) is 49.1 Å². The number of aryl methyl sites for hydroxylation is 1. The highest BCUT2D eigenvalue weighted by Crippen LogP contribution is 2.45. The lowest BCUT2D eigenvalue weighted by molar-refractivity contribution is 0.590. The minimum Gasteiger partial charge on any atom is -0.309 e. The lowest BCUT2D eigenvalue weighted by Crippen LogP contribution is -2.13. The molecule has 0 radical (unpaired) electrons. The van der Waals surface area contributed by atoms with E-state index in [2.05, 4.69) is 41.0 Å². The molecule has 0 fully saturated rings. The predicted molar refractivity (Wildman–Crippen MR) is 227 cm³/mol. The zero-order chi connectivity index (χ0) is 37.7. The van der Waals surface area contributed by atoms with Crippen molar-refractivity contribution in [2.24, 2.45) is 0 Å². The van der Waals surface area contributed by atoms with E-state index in [4.69, 9.17) is 0 Å². The number of hydrogen-bond acceptors (Lipinski definition) is 2. The van der Waals surface area contributed by atoms with Gasteiger partial charge in [-0.05, 0) is 67.6 Å². The van der Waals surface area contributed by atoms with Crippen molar-refractivity contribution in [3.63, 3.8) is 0 Å². The number of benzene rings is 8. The van der Waals surface area contributed by atoms with Gasteiger partial charge in [0.1, 0.15) is 5.82 Å². The number of rotatable bonds is 5. The number of aromatic nitrogens is 3. The van der Waals surface area contributed by atoms with Gasteiger partial charge < -0.3 is 9.13 Å². The van der Waals surface area contributed by atoms with Crippen molar-refractivity contribution in [3.05, 3.63) is 187 Å². The van der Waals surface area contributed by atoms with Gasteiger partial charge in [-0.2, -0.15) is 0 Å². The first-order chi connectivity index (χ1) is 27.4. The van der Waals surface area contributed by atoms with E-state index < -0.39 is 10.0 Å². The summed E-state index contributed by atoms with van der Waals surface area (Å²) in [6.07, 6.45) is 0. The van der Waals surface area contributed by atoms with Gasteiger partial charge in [0.05, 0.1) is 43.7 Å². The third kappa shape index (κ3) is 4.55. The standard InChI is InChI=1S/C49H32FN3O2S/c1-31-25-27-33(28-26-31)56(54,55)53-45-24-10-7-16-35(45)37-18-11-19-39(48(37)53)41-29-40-36-17-6-8-22-43(36)51(32-13-3-2-4-14-32)46(40)30-47(41)52-44-23-9-5-15-34(44)38-20-12-21-42(50)49(38)52/h2-30H,1H3. The third-order valence-corrected chi connectivity index (χ3v) is 12.9. The quantitative estimate of drug-likeness (QED) is 0.176. The molecule has 56 heavy (non-hydrogen) atoms. The van der Waals surface area contributed by atoms with Crippen LogP contribution >= 0.6 is 0 Å². The molecule has 0 bridgehead atoms. The largest absolute Gasteiger partial charge is 0.309 e. The fourth-order valence-electron chi connectivity index (χ4n) is 8.75. The van der Waals surface area contributed by atoms with E-state index in [1.165, 1.54) is 10.0 Å². The fourth-order valence-corrected chi connectivity index (χ4v) is 10.3. The van der Waals surface area contributed by atoms with Crippen LogP contribution in [0.2, 0.25) is 0 Å². The predicted octanol–water partition coefficient (Wildman–Crippen LogP) is 12.3. The van der Waals surface area contributed by atoms with E-state index in [9.17, 15) is 8.42 Å². The van der Waals surface area contributed by atoms with Crippen molar-refractivity contribution in [1.29, 1.82) is 0 Å². The first-order valence-corrected chi connectivity index (χ1v) is 20.0. The average molecular weight is 746 g/mol. The molecular weight excluding hydrogens is 714 g/mol. The highest BCUT2D eigenvalue weighted by molar-refractivity contribution is 7.90. The average Bonchev–Trinajstić information content (AvgIpc) is 3.87. The van der Waals surface area contributed by atoms with Crippen LogP contribution < -0.4 is 0 Å². The van der Waals surface area contributed by atoms with Crippen LogP contribution in [0.15, 0.2) is 181 Å². The molecule has 7 heteroatoms. The van der Waals surface area contributed by atoms with Crippen LogP contribution in [-0.4, -0.2) is 21.5 Å². The first-order valence-electron chi connectivity index (χ1n) is 18.6. The zero-order valence-electron chi connectivity index (χ0n) is 30.2. The molecule has 3 heterocycles. The molecule has 11 aromatic rings. The molecule has 0 N–H and O–H groups in total. The van der Waals surface area contributed by atoms with Gasteiger partial charge in [-0.15, -0.1) is 0 Å². The molecule has 8 aromatic carbocycles. The summed E-state index contributed by atoms with van der Waals surface area (Å²) in [5.74, 6) is -0.345. The number of nitrogens with zero attached hydrogens (tertiary/aromatic N) is 3. The second-order valence-corrected chi connectivity index (χ2v) is 16.2. The van der Waals surface area contributed by atoms with Crippen LogP contribution in [0.3, 0.4) is 0 Å². The highest BCUT2D eigenvalue weighted by atomic mass is 32.2. The van der Waals surface area contributed by atoms with E-state index in [0.29, 0.717) is 22.1 Å². The Balaban J connectivity index is 1.36. The summed E-state index contributed by atoms with van der Waals surface area (Å²) >= 11 is 0. The second-order valence-electron chi connectivity index (χ2n) is 14.4. The zero-order valence-corrected chi connectivity index (χ0v) is 31.0. The molecule has 0 spiro atoms. The summed E-state index contributed by atoms with van der Waals surface area (Å²) in [5.41, 5.74) is 8.59. The van der Waals surface area contributed by atoms with Gasteiger partial charge in [-0.3, -0.25) is 0 Å². The van der Waals surface area contributed by atoms with Crippen molar-refractivity contribution in [1.82, 2.24) is 13.1 Å². The smallest absolute Gasteiger partial charge is 0.268 e. The molecule has 0 aliphatic heterocycles. The number of halogens is 1. The third-order valence-electron chi connectivity index (χ3n) is 11.2. The van der Waals surface area contributed by atoms with Crippen LogP contribution in [0.25, 0.3) is 87.9 Å². The molecule has 5 nitrogen and oxygen atoms in total. The van der Waals surface area contributed by atoms with E-state index in [-0.39, 0.29) is 10.7 Å². The van der Waals surface area contributed by atoms with E-state index in [1.807, 2.05) is 127 Å². The maximum atomic E-state index is 16.4. The summed E-state index contributed by atoms with van der Waals surface area (Å²) in [5, 5.41) is 5.39. The van der Waals surface area contributed by atoms with Crippen molar-refractivity contribution in [2.45, 2.75) is 11.8 Å². The Morgan fingerprint density at radius 2 is 1.00 bits per heavy atom. The summed E-state index contributed by atoms with van der Waals surface area (Å²) in [6.45, 7) is 1.94. The summed E-state index contributed by atoms with van der Waals surface area (Å²) in [7, 11) is -4.10. The van der Waals surface area contributed by atoms with Gasteiger partial charge in [0.2, 0.25) is 0 Å². The first kappa shape index (κ1) is 32.5. The Hall–Kier alpha value is -6.96. The number of hydrogen-bond donors (Lipinski definition) is 0. The minimum absolute atomic E-state index is 0.201. The summed E-state index contributed by atoms with van der Waals surface area (Å²) in [6, 6.07) is 56.7. The van der Waals surface area contributed by atoms with Crippen molar-refractivity contribution in [2.75, 3.05) is 0 Å². The normalized spacial score (nSPS) is 12.2. The van der Waals surface area contributed by atoms with E-state index >= 15 is 4.39 Å². The molecule has 0 aliphatic carbocycles. The Labute approximate surface area is 321 Å². The number of para-hydroxylation sites is 6. The van der Waals surface area contributed by atoms with Crippen LogP contribution in [-0.2, 0) is 10.0 Å². The summed E-state index contributed by atoms with van der Waals surface area (Å²) in [4.78, 5) is 0.201. The van der Waals surface area contributed by atoms with Crippen LogP contribution in [0, 0.1) is 12.7 Å². The minimum atomic E-state index is -4.10. The van der Waals surface area contributed by atoms with Crippen LogP contribution in [0.1, 0.15) is 5.56 Å². The molecule has 0 amide bonds. The highest BCUT2D eigenvalue weighted by Gasteiger charge is 2.28. The molecule has 11 rings (SSSR count). The Kier molecular flexibility index (Phi) is 6.97. The Bertz CT molecular complexity index is 3510. The van der Waals surface area contributed by atoms with Crippen molar-refractivity contribution < 1.29 is 12.8 Å². The second kappa shape index (κ2) is 12.0. The van der Waals surface area contributed by atoms with Crippen LogP contribution in [0.5, 0.6) is 0 Å². The van der Waals surface area contributed by atoms with Crippen molar-refractivity contribution in [3.8, 4) is 22.5 Å². The molecule has 268 valence electrons. The molecule has 0 aliphatic rings. The topological polar surface area (TPSA) is 48.9 Å². The lowest BCUT2D eigenvalue weighted by Gasteiger charge is -2.18. The van der Waals surface area contributed by atoms with Gasteiger partial charge >= 0.3 is 0 Å². The summed E-state index contributed by atoms with van der Waals surface area (Å²) < 4.78 is 52.2. The SMILES string of the molecule is Cc1ccc(S(=O)(=O)n2c3ccccc3c3cccc(-c4cc5c6ccccc6n(-c6ccccc6)c5cc4-n4c5ccccc5c5cccc(F)c54)c32)cc1. The molecule has 0 saturated heterocycles. The van der Waals surface area contributed by atoms with Crippen LogP contribution in [0.4, 0.5) is 4.39 Å². The monoisotopic (exact) mass is 745 g/mol. The molecule has 0 saturated carbocycles. The molecule has 3 aromatic heterocycles. The Morgan fingerprint density at radius 1 is 0.446 bits per heavy atom. The van der Waals surface area contributed by atoms with Crippen molar-refractivity contribution >= 4 is 75.4 Å². The molecular formula is C49H32FN3O2S. The van der Waals surface area contributed by atoms with Gasteiger partial charge in [-0.1, -0.05) is 121 Å². The lowest BCUT2D eigenvalue weighted by atomic mass is 9.97. The van der Waals surface area contributed by atoms with Gasteiger partial charge in [-0.25, -0.2) is 16.8 Å². The number of fused-ring (bicyclic) bond motifs is 9. The molecule has 0 atom stereocenters.